The Bertz CT molecular complexity index is 1500. The van der Waals surface area contributed by atoms with Crippen LogP contribution in [-0.2, 0) is 12.1 Å². The van der Waals surface area contributed by atoms with Crippen molar-refractivity contribution in [3.63, 3.8) is 0 Å². The number of hydrogen-bond donors (Lipinski definition) is 1. The van der Waals surface area contributed by atoms with Crippen LogP contribution in [0.25, 0.3) is 5.52 Å². The quantitative estimate of drug-likeness (QED) is 0.281. The maximum atomic E-state index is 14.1. The summed E-state index contributed by atoms with van der Waals surface area (Å²) in [6.45, 7) is 2.98. The molecule has 37 heavy (non-hydrogen) atoms. The minimum Gasteiger partial charge on any atom is -0.473 e. The van der Waals surface area contributed by atoms with Gasteiger partial charge in [-0.15, -0.1) is 0 Å². The van der Waals surface area contributed by atoms with Crippen LogP contribution in [-0.4, -0.2) is 15.5 Å². The molecule has 2 aromatic heterocycles. The van der Waals surface area contributed by atoms with Crippen molar-refractivity contribution in [3.8, 4) is 5.88 Å². The van der Waals surface area contributed by atoms with Crippen molar-refractivity contribution >= 4 is 23.0 Å². The highest BCUT2D eigenvalue weighted by atomic mass is 35.5. The molecule has 9 heteroatoms. The van der Waals surface area contributed by atoms with Crippen LogP contribution in [0.4, 0.5) is 13.2 Å². The number of nitrogens with zero attached hydrogens (tertiary/aromatic N) is 2. The Morgan fingerprint density at radius 3 is 2.43 bits per heavy atom. The monoisotopic (exact) mass is 527 g/mol. The molecule has 0 atom stereocenters. The number of rotatable bonds is 6. The van der Waals surface area contributed by atoms with Crippen LogP contribution in [0.2, 0.25) is 5.02 Å². The van der Waals surface area contributed by atoms with Gasteiger partial charge in [0.15, 0.2) is 11.6 Å². The minimum absolute atomic E-state index is 0.175. The summed E-state index contributed by atoms with van der Waals surface area (Å²) in [4.78, 5) is 13.7. The fourth-order valence-electron chi connectivity index (χ4n) is 5.10. The number of aromatic nitrogens is 2. The number of carbonyl (C=O) groups is 1. The molecule has 2 heterocycles. The third-order valence-electron chi connectivity index (χ3n) is 6.96. The molecule has 2 aromatic carbocycles. The number of aryl methyl sites for hydroxylation is 2. The molecule has 1 fully saturated rings. The van der Waals surface area contributed by atoms with Gasteiger partial charge in [0.1, 0.15) is 12.4 Å². The summed E-state index contributed by atoms with van der Waals surface area (Å²) in [5.41, 5.74) is 2.06. The average molecular weight is 528 g/mol. The topological polar surface area (TPSA) is 55.6 Å². The second-order valence-electron chi connectivity index (χ2n) is 9.49. The Balaban J connectivity index is 1.49. The maximum Gasteiger partial charge on any atom is 0.256 e. The molecule has 1 amide bonds. The smallest absolute Gasteiger partial charge is 0.256 e. The molecule has 5 nitrogen and oxygen atoms in total. The van der Waals surface area contributed by atoms with Crippen LogP contribution in [0.5, 0.6) is 5.88 Å². The van der Waals surface area contributed by atoms with Crippen molar-refractivity contribution in [2.45, 2.75) is 51.7 Å². The predicted molar refractivity (Wildman–Crippen MR) is 134 cm³/mol. The summed E-state index contributed by atoms with van der Waals surface area (Å²) in [7, 11) is 0. The van der Waals surface area contributed by atoms with Crippen molar-refractivity contribution in [1.29, 1.82) is 0 Å². The van der Waals surface area contributed by atoms with Gasteiger partial charge in [-0.1, -0.05) is 36.6 Å². The van der Waals surface area contributed by atoms with Crippen molar-refractivity contribution in [2.24, 2.45) is 0 Å². The van der Waals surface area contributed by atoms with E-state index in [9.17, 15) is 18.0 Å². The lowest BCUT2D eigenvalue weighted by Crippen LogP contribution is -2.44. The van der Waals surface area contributed by atoms with Gasteiger partial charge in [0.25, 0.3) is 5.91 Å². The molecule has 1 saturated carbocycles. The Labute approximate surface area is 217 Å². The maximum absolute atomic E-state index is 14.1. The molecule has 5 rings (SSSR count). The number of amides is 1. The van der Waals surface area contributed by atoms with Crippen molar-refractivity contribution in [1.82, 2.24) is 14.9 Å². The van der Waals surface area contributed by atoms with E-state index >= 15 is 0 Å². The van der Waals surface area contributed by atoms with E-state index in [0.29, 0.717) is 21.8 Å². The first-order valence-electron chi connectivity index (χ1n) is 12.0. The van der Waals surface area contributed by atoms with E-state index in [1.165, 1.54) is 4.52 Å². The molecular weight excluding hydrogens is 503 g/mol. The number of nitrogens with one attached hydrogen (secondary N) is 1. The molecule has 0 bridgehead atoms. The van der Waals surface area contributed by atoms with Crippen LogP contribution in [0.3, 0.4) is 0 Å². The molecule has 4 aromatic rings. The second-order valence-corrected chi connectivity index (χ2v) is 9.93. The van der Waals surface area contributed by atoms with E-state index in [2.05, 4.69) is 10.4 Å². The fraction of sp³-hybridized carbons (Fsp3) is 0.286. The van der Waals surface area contributed by atoms with Gasteiger partial charge in [0.05, 0.1) is 27.9 Å². The summed E-state index contributed by atoms with van der Waals surface area (Å²) < 4.78 is 49.0. The first-order valence-corrected chi connectivity index (χ1v) is 12.4. The molecule has 1 aliphatic rings. The molecule has 0 saturated heterocycles. The SMILES string of the molecule is Cc1cc(OCc2c(F)ccc(F)c2F)n2nc(C)c(C(=O)NC3(c4ccc(Cl)cc4)CCCC3)c2c1. The van der Waals surface area contributed by atoms with E-state index in [1.807, 2.05) is 31.2 Å². The van der Waals surface area contributed by atoms with E-state index < -0.39 is 35.2 Å². The van der Waals surface area contributed by atoms with E-state index in [1.54, 1.807) is 19.1 Å². The zero-order chi connectivity index (χ0) is 26.3. The summed E-state index contributed by atoms with van der Waals surface area (Å²) in [5, 5.41) is 8.38. The number of benzene rings is 2. The molecule has 0 radical (unpaired) electrons. The summed E-state index contributed by atoms with van der Waals surface area (Å²) in [5.74, 6) is -3.48. The highest BCUT2D eigenvalue weighted by Crippen LogP contribution is 2.40. The molecule has 192 valence electrons. The van der Waals surface area contributed by atoms with Crippen molar-refractivity contribution in [3.05, 3.63) is 99.0 Å². The highest BCUT2D eigenvalue weighted by molar-refractivity contribution is 6.30. The van der Waals surface area contributed by atoms with Gasteiger partial charge < -0.3 is 10.1 Å². The summed E-state index contributed by atoms with van der Waals surface area (Å²) in [6.07, 6.45) is 3.58. The van der Waals surface area contributed by atoms with Gasteiger partial charge in [0.2, 0.25) is 5.88 Å². The third kappa shape index (κ3) is 4.66. The lowest BCUT2D eigenvalue weighted by atomic mass is 9.87. The second kappa shape index (κ2) is 9.74. The van der Waals surface area contributed by atoms with Gasteiger partial charge in [-0.3, -0.25) is 4.79 Å². The Morgan fingerprint density at radius 2 is 1.73 bits per heavy atom. The molecular formula is C28H25ClF3N3O2. The zero-order valence-corrected chi connectivity index (χ0v) is 21.1. The van der Waals surface area contributed by atoms with E-state index in [-0.39, 0.29) is 11.8 Å². The molecule has 1 aliphatic carbocycles. The van der Waals surface area contributed by atoms with Gasteiger partial charge >= 0.3 is 0 Å². The normalized spacial score (nSPS) is 14.8. The lowest BCUT2D eigenvalue weighted by molar-refractivity contribution is 0.0899. The lowest BCUT2D eigenvalue weighted by Gasteiger charge is -2.31. The standard InChI is InChI=1S/C28H25ClF3N3O2/c1-16-13-23-25(27(36)33-28(11-3-4-12-28)18-5-7-19(29)8-6-18)17(2)34-35(23)24(14-16)37-15-20-21(30)9-10-22(31)26(20)32/h5-10,13-14H,3-4,11-12,15H2,1-2H3,(H,33,36). The van der Waals surface area contributed by atoms with Gasteiger partial charge in [-0.25, -0.2) is 13.2 Å². The number of pyridine rings is 1. The predicted octanol–water partition coefficient (Wildman–Crippen LogP) is 6.80. The number of carbonyl (C=O) groups excluding carboxylic acids is 1. The van der Waals surface area contributed by atoms with Crippen LogP contribution >= 0.6 is 11.6 Å². The summed E-state index contributed by atoms with van der Waals surface area (Å²) >= 11 is 6.09. The van der Waals surface area contributed by atoms with Gasteiger partial charge in [-0.2, -0.15) is 9.61 Å². The first-order chi connectivity index (χ1) is 17.7. The number of halogens is 4. The minimum atomic E-state index is -1.30. The van der Waals surface area contributed by atoms with Crippen molar-refractivity contribution in [2.75, 3.05) is 0 Å². The Morgan fingerprint density at radius 1 is 1.05 bits per heavy atom. The average Bonchev–Trinajstić information content (AvgIpc) is 3.46. The van der Waals surface area contributed by atoms with E-state index in [4.69, 9.17) is 16.3 Å². The molecule has 0 aliphatic heterocycles. The third-order valence-corrected chi connectivity index (χ3v) is 7.21. The Hall–Kier alpha value is -3.52. The largest absolute Gasteiger partial charge is 0.473 e. The van der Waals surface area contributed by atoms with Crippen LogP contribution in [0, 0.1) is 31.3 Å². The first kappa shape index (κ1) is 25.1. The van der Waals surface area contributed by atoms with Crippen LogP contribution in [0.15, 0.2) is 48.5 Å². The number of fused-ring (bicyclic) bond motifs is 1. The summed E-state index contributed by atoms with van der Waals surface area (Å²) in [6, 6.07) is 12.5. The zero-order valence-electron chi connectivity index (χ0n) is 20.4. The van der Waals surface area contributed by atoms with Crippen molar-refractivity contribution < 1.29 is 22.7 Å². The van der Waals surface area contributed by atoms with Crippen LogP contribution < -0.4 is 10.1 Å². The Kier molecular flexibility index (Phi) is 6.62. The number of hydrogen-bond acceptors (Lipinski definition) is 3. The number of ether oxygens (including phenoxy) is 1. The van der Waals surface area contributed by atoms with Gasteiger partial charge in [-0.05, 0) is 68.1 Å². The van der Waals surface area contributed by atoms with E-state index in [0.717, 1.165) is 48.9 Å². The fourth-order valence-corrected chi connectivity index (χ4v) is 5.23. The molecule has 1 N–H and O–H groups in total. The van der Waals surface area contributed by atoms with Crippen LogP contribution in [0.1, 0.15) is 58.4 Å². The molecule has 0 spiro atoms. The van der Waals surface area contributed by atoms with Gasteiger partial charge in [0, 0.05) is 11.1 Å². The highest BCUT2D eigenvalue weighted by Gasteiger charge is 2.38. The molecule has 0 unspecified atom stereocenters.